The monoisotopic (exact) mass is 462 g/mol. The maximum atomic E-state index is 7.67. The molecule has 2 nitrogen and oxygen atoms in total. The van der Waals surface area contributed by atoms with Crippen molar-refractivity contribution in [3.63, 3.8) is 0 Å². The summed E-state index contributed by atoms with van der Waals surface area (Å²) in [7, 11) is 0. The SMILES string of the molecule is CCCCCCC[C@H](C)C(N)(CCCCCCC)C1(N)c2cc(C)ccc2-c2ccc(C)cc21. The Hall–Kier alpha value is -1.64. The largest absolute Gasteiger partial charge is 0.323 e. The van der Waals surface area contributed by atoms with Crippen molar-refractivity contribution in [3.05, 3.63) is 58.7 Å². The number of aryl methyl sites for hydroxylation is 2. The quantitative estimate of drug-likeness (QED) is 0.276. The highest BCUT2D eigenvalue weighted by molar-refractivity contribution is 5.82. The lowest BCUT2D eigenvalue weighted by Crippen LogP contribution is -2.66. The van der Waals surface area contributed by atoms with Crippen LogP contribution in [0, 0.1) is 19.8 Å². The number of fused-ring (bicyclic) bond motifs is 3. The zero-order valence-electron chi connectivity index (χ0n) is 22.7. The summed E-state index contributed by atoms with van der Waals surface area (Å²) in [5.41, 5.74) is 21.7. The van der Waals surface area contributed by atoms with E-state index >= 15 is 0 Å². The van der Waals surface area contributed by atoms with Gasteiger partial charge in [-0.15, -0.1) is 0 Å². The molecule has 0 aromatic heterocycles. The maximum Gasteiger partial charge on any atom is 0.0863 e. The highest BCUT2D eigenvalue weighted by Gasteiger charge is 2.55. The van der Waals surface area contributed by atoms with Gasteiger partial charge in [-0.25, -0.2) is 0 Å². The Morgan fingerprint density at radius 2 is 1.21 bits per heavy atom. The van der Waals surface area contributed by atoms with Gasteiger partial charge in [0.1, 0.15) is 0 Å². The Morgan fingerprint density at radius 3 is 1.71 bits per heavy atom. The molecule has 2 aromatic rings. The number of nitrogens with two attached hydrogens (primary N) is 2. The van der Waals surface area contributed by atoms with E-state index in [0.717, 1.165) is 19.3 Å². The number of unbranched alkanes of at least 4 members (excludes halogenated alkanes) is 8. The van der Waals surface area contributed by atoms with Crippen LogP contribution in [0.3, 0.4) is 0 Å². The minimum Gasteiger partial charge on any atom is -0.323 e. The van der Waals surface area contributed by atoms with Crippen molar-refractivity contribution in [3.8, 4) is 11.1 Å². The predicted molar refractivity (Wildman–Crippen MR) is 149 cm³/mol. The first-order valence-corrected chi connectivity index (χ1v) is 14.1. The summed E-state index contributed by atoms with van der Waals surface area (Å²) >= 11 is 0. The molecule has 0 bridgehead atoms. The molecule has 0 spiro atoms. The lowest BCUT2D eigenvalue weighted by molar-refractivity contribution is 0.152. The van der Waals surface area contributed by atoms with E-state index in [1.165, 1.54) is 91.2 Å². The van der Waals surface area contributed by atoms with E-state index in [9.17, 15) is 0 Å². The lowest BCUT2D eigenvalue weighted by atomic mass is 9.62. The Morgan fingerprint density at radius 1 is 0.735 bits per heavy atom. The summed E-state index contributed by atoms with van der Waals surface area (Å²) < 4.78 is 0. The molecular weight excluding hydrogens is 412 g/mol. The van der Waals surface area contributed by atoms with Crippen molar-refractivity contribution in [1.82, 2.24) is 0 Å². The fourth-order valence-electron chi connectivity index (χ4n) is 6.25. The highest BCUT2D eigenvalue weighted by atomic mass is 15.0. The molecule has 2 heteroatoms. The highest BCUT2D eigenvalue weighted by Crippen LogP contribution is 2.54. The van der Waals surface area contributed by atoms with Crippen molar-refractivity contribution in [2.24, 2.45) is 17.4 Å². The molecule has 0 aliphatic heterocycles. The smallest absolute Gasteiger partial charge is 0.0863 e. The molecular formula is C32H50N2. The Balaban J connectivity index is 2.01. The Kier molecular flexibility index (Phi) is 9.41. The van der Waals surface area contributed by atoms with Crippen molar-refractivity contribution in [2.45, 2.75) is 123 Å². The molecule has 34 heavy (non-hydrogen) atoms. The summed E-state index contributed by atoms with van der Waals surface area (Å²) in [4.78, 5) is 0. The van der Waals surface area contributed by atoms with E-state index in [1.54, 1.807) is 0 Å². The fourth-order valence-corrected chi connectivity index (χ4v) is 6.25. The molecule has 1 unspecified atom stereocenters. The van der Waals surface area contributed by atoms with Crippen LogP contribution in [0.4, 0.5) is 0 Å². The third-order valence-electron chi connectivity index (χ3n) is 8.54. The first kappa shape index (κ1) is 27.0. The van der Waals surface area contributed by atoms with Crippen LogP contribution in [0.1, 0.15) is 120 Å². The van der Waals surface area contributed by atoms with E-state index in [-0.39, 0.29) is 0 Å². The van der Waals surface area contributed by atoms with E-state index in [4.69, 9.17) is 11.5 Å². The zero-order valence-corrected chi connectivity index (χ0v) is 22.7. The summed E-state index contributed by atoms with van der Waals surface area (Å²) in [6, 6.07) is 13.6. The van der Waals surface area contributed by atoms with E-state index in [1.807, 2.05) is 0 Å². The Labute approximate surface area is 209 Å². The van der Waals surface area contributed by atoms with Gasteiger partial charge in [0.2, 0.25) is 0 Å². The van der Waals surface area contributed by atoms with Gasteiger partial charge in [0.15, 0.2) is 0 Å². The van der Waals surface area contributed by atoms with Gasteiger partial charge in [-0.1, -0.05) is 133 Å². The average Bonchev–Trinajstić information content (AvgIpc) is 3.07. The van der Waals surface area contributed by atoms with Crippen LogP contribution in [0.15, 0.2) is 36.4 Å². The molecule has 0 radical (unpaired) electrons. The second-order valence-electron chi connectivity index (χ2n) is 11.2. The average molecular weight is 463 g/mol. The second-order valence-corrected chi connectivity index (χ2v) is 11.2. The minimum atomic E-state index is -0.663. The molecule has 2 atom stereocenters. The van der Waals surface area contributed by atoms with Gasteiger partial charge >= 0.3 is 0 Å². The number of hydrogen-bond donors (Lipinski definition) is 2. The summed E-state index contributed by atoms with van der Waals surface area (Å²) in [5.74, 6) is 0.352. The number of benzene rings is 2. The molecule has 1 aliphatic rings. The van der Waals surface area contributed by atoms with Gasteiger partial charge in [-0.2, -0.15) is 0 Å². The van der Waals surface area contributed by atoms with Crippen LogP contribution in [0.2, 0.25) is 0 Å². The molecule has 0 saturated heterocycles. The van der Waals surface area contributed by atoms with Crippen LogP contribution >= 0.6 is 0 Å². The standard InChI is InChI=1S/C32H50N2/c1-6-8-10-12-14-16-26(5)31(33,21-15-13-11-9-7-2)32(34)29-22-24(3)17-19-27(29)28-20-18-25(4)23-30(28)32/h17-20,22-23,26H,6-16,21,33-34H2,1-5H3/t26-,31?/m0/s1. The molecule has 1 aliphatic carbocycles. The van der Waals surface area contributed by atoms with Crippen molar-refractivity contribution in [2.75, 3.05) is 0 Å². The molecule has 0 amide bonds. The van der Waals surface area contributed by atoms with Crippen LogP contribution in [-0.2, 0) is 5.54 Å². The van der Waals surface area contributed by atoms with Gasteiger partial charge in [-0.05, 0) is 54.9 Å². The molecule has 0 saturated carbocycles. The van der Waals surface area contributed by atoms with Gasteiger partial charge in [0.25, 0.3) is 0 Å². The summed E-state index contributed by atoms with van der Waals surface area (Å²) in [5, 5.41) is 0. The third-order valence-corrected chi connectivity index (χ3v) is 8.54. The normalized spacial score (nSPS) is 16.7. The summed E-state index contributed by atoms with van der Waals surface area (Å²) in [6.07, 6.45) is 14.9. The zero-order chi connectivity index (χ0) is 24.8. The molecule has 0 heterocycles. The maximum absolute atomic E-state index is 7.67. The van der Waals surface area contributed by atoms with Crippen molar-refractivity contribution in [1.29, 1.82) is 0 Å². The van der Waals surface area contributed by atoms with E-state index in [2.05, 4.69) is 71.0 Å². The molecule has 3 rings (SSSR count). The minimum absolute atomic E-state index is 0.352. The van der Waals surface area contributed by atoms with Crippen LogP contribution < -0.4 is 11.5 Å². The third kappa shape index (κ3) is 5.29. The fraction of sp³-hybridized carbons (Fsp3) is 0.625. The number of hydrogen-bond acceptors (Lipinski definition) is 2. The van der Waals surface area contributed by atoms with Gasteiger partial charge in [0, 0.05) is 5.54 Å². The second kappa shape index (κ2) is 11.9. The topological polar surface area (TPSA) is 52.0 Å². The lowest BCUT2D eigenvalue weighted by Gasteiger charge is -2.49. The van der Waals surface area contributed by atoms with Crippen LogP contribution in [-0.4, -0.2) is 5.54 Å². The molecule has 4 N–H and O–H groups in total. The molecule has 2 aromatic carbocycles. The summed E-state index contributed by atoms with van der Waals surface area (Å²) in [6.45, 7) is 11.3. The first-order chi connectivity index (χ1) is 16.3. The van der Waals surface area contributed by atoms with Gasteiger partial charge < -0.3 is 11.5 Å². The van der Waals surface area contributed by atoms with Gasteiger partial charge in [0.05, 0.1) is 5.54 Å². The van der Waals surface area contributed by atoms with E-state index < -0.39 is 11.1 Å². The van der Waals surface area contributed by atoms with Crippen molar-refractivity contribution < 1.29 is 0 Å². The van der Waals surface area contributed by atoms with Crippen molar-refractivity contribution >= 4 is 0 Å². The van der Waals surface area contributed by atoms with Crippen LogP contribution in [0.25, 0.3) is 11.1 Å². The van der Waals surface area contributed by atoms with E-state index in [0.29, 0.717) is 5.92 Å². The molecule has 0 fully saturated rings. The molecule has 188 valence electrons. The number of rotatable bonds is 14. The predicted octanol–water partition coefficient (Wildman–Crippen LogP) is 8.54. The first-order valence-electron chi connectivity index (χ1n) is 14.1. The van der Waals surface area contributed by atoms with Gasteiger partial charge in [-0.3, -0.25) is 0 Å². The Bertz CT molecular complexity index is 879. The van der Waals surface area contributed by atoms with Crippen LogP contribution in [0.5, 0.6) is 0 Å².